The first kappa shape index (κ1) is 13.9. The normalized spacial score (nSPS) is 29.4. The van der Waals surface area contributed by atoms with Crippen LogP contribution in [0.25, 0.3) is 0 Å². The molecule has 1 saturated heterocycles. The molecule has 0 radical (unpaired) electrons. The Morgan fingerprint density at radius 1 is 1.45 bits per heavy atom. The maximum atomic E-state index is 12.7. The standard InChI is InChI=1S/C14H22N4OS/c1-9(2)11-17-18-13(20-11)16-12(19)14-6-4-3-5-10(14)7-15-8-14/h9-10,15H,3-8H2,1-2H3,(H,16,18,19)/t10-,14+/m0/s1. The number of hydrogen-bond donors (Lipinski definition) is 2. The summed E-state index contributed by atoms with van der Waals surface area (Å²) in [7, 11) is 0. The van der Waals surface area contributed by atoms with Crippen LogP contribution in [-0.4, -0.2) is 29.2 Å². The zero-order chi connectivity index (χ0) is 14.2. The van der Waals surface area contributed by atoms with Gasteiger partial charge in [0.2, 0.25) is 11.0 Å². The lowest BCUT2D eigenvalue weighted by Gasteiger charge is -2.36. The molecule has 0 unspecified atom stereocenters. The lowest BCUT2D eigenvalue weighted by Crippen LogP contribution is -2.44. The largest absolute Gasteiger partial charge is 0.315 e. The van der Waals surface area contributed by atoms with Crippen LogP contribution in [0.2, 0.25) is 0 Å². The second kappa shape index (κ2) is 5.41. The van der Waals surface area contributed by atoms with E-state index in [0.717, 1.165) is 37.4 Å². The molecule has 1 saturated carbocycles. The average molecular weight is 294 g/mol. The van der Waals surface area contributed by atoms with Gasteiger partial charge in [-0.15, -0.1) is 10.2 Å². The van der Waals surface area contributed by atoms with Crippen molar-refractivity contribution < 1.29 is 4.79 Å². The van der Waals surface area contributed by atoms with Gasteiger partial charge in [0, 0.05) is 12.5 Å². The van der Waals surface area contributed by atoms with Gasteiger partial charge in [-0.1, -0.05) is 38.0 Å². The Balaban J connectivity index is 1.74. The van der Waals surface area contributed by atoms with E-state index in [0.29, 0.717) is 17.0 Å². The minimum atomic E-state index is -0.220. The van der Waals surface area contributed by atoms with E-state index in [-0.39, 0.29) is 11.3 Å². The summed E-state index contributed by atoms with van der Waals surface area (Å²) in [5.74, 6) is 0.972. The van der Waals surface area contributed by atoms with Crippen molar-refractivity contribution in [2.24, 2.45) is 11.3 Å². The predicted octanol–water partition coefficient (Wildman–Crippen LogP) is 2.38. The van der Waals surface area contributed by atoms with Crippen LogP contribution < -0.4 is 10.6 Å². The molecule has 2 heterocycles. The first-order valence-corrected chi connectivity index (χ1v) is 8.29. The number of amides is 1. The fourth-order valence-electron chi connectivity index (χ4n) is 3.43. The molecule has 1 aromatic rings. The van der Waals surface area contributed by atoms with Gasteiger partial charge in [0.05, 0.1) is 5.41 Å². The number of rotatable bonds is 3. The van der Waals surface area contributed by atoms with Gasteiger partial charge < -0.3 is 5.32 Å². The smallest absolute Gasteiger partial charge is 0.234 e. The predicted molar refractivity (Wildman–Crippen MR) is 79.9 cm³/mol. The number of fused-ring (bicyclic) bond motifs is 1. The van der Waals surface area contributed by atoms with E-state index < -0.39 is 0 Å². The Bertz CT molecular complexity index is 501. The third-order valence-corrected chi connectivity index (χ3v) is 5.78. The van der Waals surface area contributed by atoms with Crippen molar-refractivity contribution in [3.05, 3.63) is 5.01 Å². The van der Waals surface area contributed by atoms with Crippen LogP contribution in [0.4, 0.5) is 5.13 Å². The van der Waals surface area contributed by atoms with E-state index in [9.17, 15) is 4.79 Å². The first-order chi connectivity index (χ1) is 9.62. The summed E-state index contributed by atoms with van der Waals surface area (Å²) in [6, 6.07) is 0. The lowest BCUT2D eigenvalue weighted by molar-refractivity contribution is -0.128. The maximum absolute atomic E-state index is 12.7. The molecule has 1 amide bonds. The molecule has 110 valence electrons. The number of carbonyl (C=O) groups excluding carboxylic acids is 1. The summed E-state index contributed by atoms with van der Waals surface area (Å²) in [6.07, 6.45) is 4.55. The number of anilines is 1. The van der Waals surface area contributed by atoms with E-state index in [2.05, 4.69) is 34.7 Å². The second-order valence-electron chi connectivity index (χ2n) is 6.28. The molecule has 2 N–H and O–H groups in total. The van der Waals surface area contributed by atoms with Crippen molar-refractivity contribution in [3.63, 3.8) is 0 Å². The summed E-state index contributed by atoms with van der Waals surface area (Å²) in [6.45, 7) is 5.95. The van der Waals surface area contributed by atoms with E-state index in [1.807, 2.05) is 0 Å². The van der Waals surface area contributed by atoms with Gasteiger partial charge in [-0.2, -0.15) is 0 Å². The number of nitrogens with one attached hydrogen (secondary N) is 2. The molecule has 1 aliphatic carbocycles. The van der Waals surface area contributed by atoms with Gasteiger partial charge >= 0.3 is 0 Å². The van der Waals surface area contributed by atoms with Gasteiger partial charge in [0.1, 0.15) is 5.01 Å². The number of carbonyl (C=O) groups is 1. The lowest BCUT2D eigenvalue weighted by atomic mass is 9.68. The molecule has 2 fully saturated rings. The van der Waals surface area contributed by atoms with Crippen molar-refractivity contribution in [2.75, 3.05) is 18.4 Å². The molecular weight excluding hydrogens is 272 g/mol. The Hall–Kier alpha value is -1.01. The van der Waals surface area contributed by atoms with Gasteiger partial charge in [-0.25, -0.2) is 0 Å². The van der Waals surface area contributed by atoms with Crippen LogP contribution in [0.5, 0.6) is 0 Å². The first-order valence-electron chi connectivity index (χ1n) is 7.47. The molecule has 5 nitrogen and oxygen atoms in total. The Morgan fingerprint density at radius 3 is 3.05 bits per heavy atom. The van der Waals surface area contributed by atoms with Gasteiger partial charge in [-0.3, -0.25) is 10.1 Å². The van der Waals surface area contributed by atoms with Crippen LogP contribution in [0, 0.1) is 11.3 Å². The molecule has 0 bridgehead atoms. The van der Waals surface area contributed by atoms with E-state index in [1.165, 1.54) is 17.8 Å². The molecule has 2 atom stereocenters. The van der Waals surface area contributed by atoms with Crippen LogP contribution in [0.3, 0.4) is 0 Å². The average Bonchev–Trinajstić information content (AvgIpc) is 3.04. The van der Waals surface area contributed by atoms with E-state index >= 15 is 0 Å². The zero-order valence-corrected chi connectivity index (χ0v) is 12.9. The third-order valence-electron chi connectivity index (χ3n) is 4.65. The molecule has 0 spiro atoms. The van der Waals surface area contributed by atoms with Crippen molar-refractivity contribution in [1.29, 1.82) is 0 Å². The molecular formula is C14H22N4OS. The monoisotopic (exact) mass is 294 g/mol. The maximum Gasteiger partial charge on any atom is 0.234 e. The summed E-state index contributed by atoms with van der Waals surface area (Å²) in [5.41, 5.74) is -0.220. The fraction of sp³-hybridized carbons (Fsp3) is 0.786. The minimum absolute atomic E-state index is 0.138. The SMILES string of the molecule is CC(C)c1nnc(NC(=O)[C@@]23CCCC[C@H]2CNC3)s1. The van der Waals surface area contributed by atoms with Crippen LogP contribution in [-0.2, 0) is 4.79 Å². The highest BCUT2D eigenvalue weighted by Gasteiger charge is 2.50. The fourth-order valence-corrected chi connectivity index (χ4v) is 4.17. The number of hydrogen-bond acceptors (Lipinski definition) is 5. The highest BCUT2D eigenvalue weighted by Crippen LogP contribution is 2.44. The summed E-state index contributed by atoms with van der Waals surface area (Å²) >= 11 is 1.49. The quantitative estimate of drug-likeness (QED) is 0.898. The Labute approximate surface area is 123 Å². The molecule has 0 aromatic carbocycles. The molecule has 1 aromatic heterocycles. The summed E-state index contributed by atoms with van der Waals surface area (Å²) in [5, 5.41) is 16.3. The minimum Gasteiger partial charge on any atom is -0.315 e. The van der Waals surface area contributed by atoms with Gasteiger partial charge in [0.15, 0.2) is 0 Å². The topological polar surface area (TPSA) is 66.9 Å². The van der Waals surface area contributed by atoms with Crippen molar-refractivity contribution in [2.45, 2.75) is 45.4 Å². The molecule has 1 aliphatic heterocycles. The Kier molecular flexibility index (Phi) is 3.77. The zero-order valence-electron chi connectivity index (χ0n) is 12.1. The van der Waals surface area contributed by atoms with Crippen LogP contribution >= 0.6 is 11.3 Å². The molecule has 3 rings (SSSR count). The highest BCUT2D eigenvalue weighted by atomic mass is 32.1. The number of nitrogens with zero attached hydrogens (tertiary/aromatic N) is 2. The third kappa shape index (κ3) is 2.35. The van der Waals surface area contributed by atoms with E-state index in [1.54, 1.807) is 0 Å². The number of aromatic nitrogens is 2. The van der Waals surface area contributed by atoms with E-state index in [4.69, 9.17) is 0 Å². The van der Waals surface area contributed by atoms with Crippen LogP contribution in [0.15, 0.2) is 0 Å². The van der Waals surface area contributed by atoms with Gasteiger partial charge in [0.25, 0.3) is 0 Å². The molecule has 6 heteroatoms. The van der Waals surface area contributed by atoms with Crippen molar-refractivity contribution >= 4 is 22.4 Å². The molecule has 2 aliphatic rings. The summed E-state index contributed by atoms with van der Waals surface area (Å²) in [4.78, 5) is 12.7. The highest BCUT2D eigenvalue weighted by molar-refractivity contribution is 7.15. The van der Waals surface area contributed by atoms with Gasteiger partial charge in [-0.05, 0) is 25.3 Å². The second-order valence-corrected chi connectivity index (χ2v) is 7.29. The Morgan fingerprint density at radius 2 is 2.30 bits per heavy atom. The van der Waals surface area contributed by atoms with Crippen molar-refractivity contribution in [3.8, 4) is 0 Å². The van der Waals surface area contributed by atoms with Crippen LogP contribution in [0.1, 0.15) is 50.5 Å². The summed E-state index contributed by atoms with van der Waals surface area (Å²) < 4.78 is 0. The molecule has 20 heavy (non-hydrogen) atoms. The van der Waals surface area contributed by atoms with Crippen molar-refractivity contribution in [1.82, 2.24) is 15.5 Å².